The summed E-state index contributed by atoms with van der Waals surface area (Å²) >= 11 is 3.35. The second kappa shape index (κ2) is 6.31. The van der Waals surface area contributed by atoms with E-state index in [-0.39, 0.29) is 11.7 Å². The molecule has 0 amide bonds. The lowest BCUT2D eigenvalue weighted by Gasteiger charge is -2.16. The van der Waals surface area contributed by atoms with Crippen molar-refractivity contribution in [3.63, 3.8) is 0 Å². The van der Waals surface area contributed by atoms with E-state index in [2.05, 4.69) is 21.2 Å². The molecule has 0 saturated heterocycles. The highest BCUT2D eigenvalue weighted by Crippen LogP contribution is 2.20. The molecule has 1 atom stereocenters. The summed E-state index contributed by atoms with van der Waals surface area (Å²) in [5, 5.41) is 2.85. The van der Waals surface area contributed by atoms with Gasteiger partial charge < -0.3 is 5.32 Å². The lowest BCUT2D eigenvalue weighted by atomic mass is 10.1. The van der Waals surface area contributed by atoms with Gasteiger partial charge in [-0.05, 0) is 31.0 Å². The number of hydrogen-bond donors (Lipinski definition) is 1. The summed E-state index contributed by atoms with van der Waals surface area (Å²) in [6, 6.07) is 9.00. The maximum Gasteiger partial charge on any atom is 0.161 e. The molecule has 2 aromatic rings. The van der Waals surface area contributed by atoms with Crippen molar-refractivity contribution in [2.45, 2.75) is 19.4 Å². The van der Waals surface area contributed by atoms with Crippen LogP contribution in [0.15, 0.2) is 40.9 Å². The Hall–Kier alpha value is -1.49. The van der Waals surface area contributed by atoms with Crippen LogP contribution < -0.4 is 5.32 Å². The number of hydrogen-bond acceptors (Lipinski definition) is 1. The van der Waals surface area contributed by atoms with Gasteiger partial charge in [-0.2, -0.15) is 0 Å². The standard InChI is InChI=1S/C15H13BrF3N/c1-9(6-10-2-4-11(16)5-3-10)20-15-8-13(18)12(17)7-14(15)19/h2-5,7-9,20H,6H2,1H3. The van der Waals surface area contributed by atoms with E-state index in [4.69, 9.17) is 0 Å². The number of benzene rings is 2. The monoisotopic (exact) mass is 343 g/mol. The van der Waals surface area contributed by atoms with Crippen LogP contribution in [0.2, 0.25) is 0 Å². The van der Waals surface area contributed by atoms with Gasteiger partial charge in [0.05, 0.1) is 5.69 Å². The van der Waals surface area contributed by atoms with Crippen LogP contribution in [-0.2, 0) is 6.42 Å². The summed E-state index contributed by atoms with van der Waals surface area (Å²) in [5.74, 6) is -3.05. The Kier molecular flexibility index (Phi) is 4.70. The molecule has 0 aliphatic heterocycles. The summed E-state index contributed by atoms with van der Waals surface area (Å²) < 4.78 is 40.4. The molecule has 1 N–H and O–H groups in total. The number of nitrogens with one attached hydrogen (secondary N) is 1. The molecular weight excluding hydrogens is 331 g/mol. The second-order valence-electron chi connectivity index (χ2n) is 4.62. The van der Waals surface area contributed by atoms with Crippen molar-refractivity contribution < 1.29 is 13.2 Å². The molecule has 0 aliphatic carbocycles. The van der Waals surface area contributed by atoms with Crippen molar-refractivity contribution in [1.82, 2.24) is 0 Å². The minimum Gasteiger partial charge on any atom is -0.380 e. The van der Waals surface area contributed by atoms with Crippen LogP contribution in [-0.4, -0.2) is 6.04 Å². The van der Waals surface area contributed by atoms with E-state index < -0.39 is 17.5 Å². The lowest BCUT2D eigenvalue weighted by molar-refractivity contribution is 0.495. The predicted molar refractivity (Wildman–Crippen MR) is 77.2 cm³/mol. The summed E-state index contributed by atoms with van der Waals surface area (Å²) in [7, 11) is 0. The second-order valence-corrected chi connectivity index (χ2v) is 5.54. The van der Waals surface area contributed by atoms with Crippen molar-refractivity contribution in [2.24, 2.45) is 0 Å². The Bertz CT molecular complexity index is 599. The molecule has 0 radical (unpaired) electrons. The Labute approximate surface area is 123 Å². The van der Waals surface area contributed by atoms with Crippen molar-refractivity contribution in [3.05, 3.63) is 63.9 Å². The Balaban J connectivity index is 2.06. The SMILES string of the molecule is CC(Cc1ccc(Br)cc1)Nc1cc(F)c(F)cc1F. The molecule has 20 heavy (non-hydrogen) atoms. The predicted octanol–water partition coefficient (Wildman–Crippen LogP) is 4.91. The first-order valence-electron chi connectivity index (χ1n) is 6.11. The van der Waals surface area contributed by atoms with Gasteiger partial charge in [0, 0.05) is 22.6 Å². The topological polar surface area (TPSA) is 12.0 Å². The molecule has 0 saturated carbocycles. The van der Waals surface area contributed by atoms with Gasteiger partial charge in [-0.1, -0.05) is 28.1 Å². The van der Waals surface area contributed by atoms with Crippen molar-refractivity contribution >= 4 is 21.6 Å². The van der Waals surface area contributed by atoms with E-state index in [0.717, 1.165) is 16.1 Å². The highest BCUT2D eigenvalue weighted by molar-refractivity contribution is 9.10. The average Bonchev–Trinajstić information content (AvgIpc) is 2.39. The maximum atomic E-state index is 13.5. The van der Waals surface area contributed by atoms with E-state index in [9.17, 15) is 13.2 Å². The van der Waals surface area contributed by atoms with Gasteiger partial charge in [-0.25, -0.2) is 13.2 Å². The fourth-order valence-electron chi connectivity index (χ4n) is 1.92. The van der Waals surface area contributed by atoms with Crippen molar-refractivity contribution in [1.29, 1.82) is 0 Å². The van der Waals surface area contributed by atoms with Crippen LogP contribution in [0.4, 0.5) is 18.9 Å². The molecule has 0 spiro atoms. The lowest BCUT2D eigenvalue weighted by Crippen LogP contribution is -2.19. The van der Waals surface area contributed by atoms with E-state index in [1.54, 1.807) is 0 Å². The first-order chi connectivity index (χ1) is 9.45. The minimum absolute atomic E-state index is 0.0338. The van der Waals surface area contributed by atoms with E-state index in [0.29, 0.717) is 12.5 Å². The molecule has 0 fully saturated rings. The number of halogens is 4. The normalized spacial score (nSPS) is 12.2. The zero-order valence-corrected chi connectivity index (χ0v) is 12.3. The molecule has 0 aromatic heterocycles. The zero-order valence-electron chi connectivity index (χ0n) is 10.8. The molecule has 2 rings (SSSR count). The van der Waals surface area contributed by atoms with Crippen LogP contribution >= 0.6 is 15.9 Å². The van der Waals surface area contributed by atoms with E-state index in [1.807, 2.05) is 31.2 Å². The van der Waals surface area contributed by atoms with Gasteiger partial charge in [-0.3, -0.25) is 0 Å². The van der Waals surface area contributed by atoms with Gasteiger partial charge in [0.2, 0.25) is 0 Å². The summed E-state index contributed by atoms with van der Waals surface area (Å²) in [6.45, 7) is 1.85. The summed E-state index contributed by atoms with van der Waals surface area (Å²) in [4.78, 5) is 0. The quantitative estimate of drug-likeness (QED) is 0.777. The largest absolute Gasteiger partial charge is 0.380 e. The third kappa shape index (κ3) is 3.76. The molecule has 1 nitrogen and oxygen atoms in total. The first-order valence-corrected chi connectivity index (χ1v) is 6.90. The van der Waals surface area contributed by atoms with Gasteiger partial charge in [-0.15, -0.1) is 0 Å². The molecule has 2 aromatic carbocycles. The highest BCUT2D eigenvalue weighted by atomic mass is 79.9. The van der Waals surface area contributed by atoms with Crippen molar-refractivity contribution in [3.8, 4) is 0 Å². The highest BCUT2D eigenvalue weighted by Gasteiger charge is 2.12. The van der Waals surface area contributed by atoms with Gasteiger partial charge >= 0.3 is 0 Å². The molecule has 106 valence electrons. The molecule has 1 unspecified atom stereocenters. The number of anilines is 1. The van der Waals surface area contributed by atoms with Crippen LogP contribution in [0.25, 0.3) is 0 Å². The summed E-state index contributed by atoms with van der Waals surface area (Å²) in [5.41, 5.74) is 1.03. The Morgan fingerprint density at radius 2 is 1.60 bits per heavy atom. The number of rotatable bonds is 4. The third-order valence-electron chi connectivity index (χ3n) is 2.87. The van der Waals surface area contributed by atoms with Crippen LogP contribution in [0, 0.1) is 17.5 Å². The van der Waals surface area contributed by atoms with Crippen LogP contribution in [0.5, 0.6) is 0 Å². The molecule has 0 aliphatic rings. The van der Waals surface area contributed by atoms with Gasteiger partial charge in [0.1, 0.15) is 5.82 Å². The Morgan fingerprint density at radius 3 is 2.25 bits per heavy atom. The smallest absolute Gasteiger partial charge is 0.161 e. The fraction of sp³-hybridized carbons (Fsp3) is 0.200. The van der Waals surface area contributed by atoms with Gasteiger partial charge in [0.15, 0.2) is 11.6 Å². The molecule has 5 heteroatoms. The summed E-state index contributed by atoms with van der Waals surface area (Å²) in [6.07, 6.45) is 0.645. The van der Waals surface area contributed by atoms with Gasteiger partial charge in [0.25, 0.3) is 0 Å². The molecular formula is C15H13BrF3N. The zero-order chi connectivity index (χ0) is 14.7. The average molecular weight is 344 g/mol. The van der Waals surface area contributed by atoms with E-state index in [1.165, 1.54) is 0 Å². The third-order valence-corrected chi connectivity index (χ3v) is 3.40. The molecule has 0 heterocycles. The van der Waals surface area contributed by atoms with Crippen LogP contribution in [0.3, 0.4) is 0 Å². The maximum absolute atomic E-state index is 13.5. The van der Waals surface area contributed by atoms with Crippen molar-refractivity contribution in [2.75, 3.05) is 5.32 Å². The van der Waals surface area contributed by atoms with Crippen LogP contribution in [0.1, 0.15) is 12.5 Å². The Morgan fingerprint density at radius 1 is 1.00 bits per heavy atom. The van der Waals surface area contributed by atoms with E-state index >= 15 is 0 Å². The fourth-order valence-corrected chi connectivity index (χ4v) is 2.19. The first kappa shape index (κ1) is 14.9. The minimum atomic E-state index is -1.19. The molecule has 0 bridgehead atoms.